The Labute approximate surface area is 174 Å². The Bertz CT molecular complexity index is 1090. The standard InChI is InChI=1S/C21H24N6OS/c28-20(22-13-18-23-24-21(29)26(18)14-11-12-14)19-16-9-5-2-6-10-17(16)27(25-19)15-7-3-1-4-8-15/h1,3-4,7-8,14H,2,5-6,9-13H2,(H,22,28)(H,24,29). The van der Waals surface area contributed by atoms with E-state index in [-0.39, 0.29) is 5.91 Å². The van der Waals surface area contributed by atoms with Gasteiger partial charge in [0, 0.05) is 17.3 Å². The molecule has 1 fully saturated rings. The summed E-state index contributed by atoms with van der Waals surface area (Å²) in [6, 6.07) is 10.5. The number of benzene rings is 1. The Morgan fingerprint density at radius 2 is 1.97 bits per heavy atom. The number of H-pyrrole nitrogens is 1. The van der Waals surface area contributed by atoms with Gasteiger partial charge >= 0.3 is 0 Å². The molecule has 3 aromatic rings. The minimum atomic E-state index is -0.144. The molecule has 1 aromatic carbocycles. The van der Waals surface area contributed by atoms with Crippen LogP contribution in [-0.4, -0.2) is 30.5 Å². The Hall–Kier alpha value is -2.74. The van der Waals surface area contributed by atoms with Gasteiger partial charge in [-0.15, -0.1) is 0 Å². The molecule has 0 aliphatic heterocycles. The Balaban J connectivity index is 1.44. The Kier molecular flexibility index (Phi) is 4.79. The summed E-state index contributed by atoms with van der Waals surface area (Å²) in [5, 5.41) is 14.9. The summed E-state index contributed by atoms with van der Waals surface area (Å²) in [7, 11) is 0. The van der Waals surface area contributed by atoms with E-state index in [9.17, 15) is 4.79 Å². The summed E-state index contributed by atoms with van der Waals surface area (Å²) in [4.78, 5) is 13.1. The maximum atomic E-state index is 13.1. The van der Waals surface area contributed by atoms with E-state index in [4.69, 9.17) is 17.3 Å². The highest BCUT2D eigenvalue weighted by Crippen LogP contribution is 2.35. The number of amides is 1. The first-order chi connectivity index (χ1) is 14.2. The number of aromatic nitrogens is 5. The highest BCUT2D eigenvalue weighted by molar-refractivity contribution is 7.71. The van der Waals surface area contributed by atoms with Gasteiger partial charge in [-0.25, -0.2) is 4.68 Å². The fourth-order valence-corrected chi connectivity index (χ4v) is 4.46. The summed E-state index contributed by atoms with van der Waals surface area (Å²) in [6.45, 7) is 0.343. The third kappa shape index (κ3) is 3.53. The van der Waals surface area contributed by atoms with Crippen LogP contribution in [0.15, 0.2) is 30.3 Å². The van der Waals surface area contributed by atoms with Crippen molar-refractivity contribution < 1.29 is 4.79 Å². The monoisotopic (exact) mass is 408 g/mol. The third-order valence-corrected chi connectivity index (χ3v) is 6.03. The maximum absolute atomic E-state index is 13.1. The van der Waals surface area contributed by atoms with Crippen molar-refractivity contribution in [1.29, 1.82) is 0 Å². The lowest BCUT2D eigenvalue weighted by atomic mass is 10.1. The number of rotatable bonds is 5. The van der Waals surface area contributed by atoms with Crippen LogP contribution in [0.1, 0.15) is 65.7 Å². The number of hydrogen-bond donors (Lipinski definition) is 2. The molecule has 1 saturated carbocycles. The molecular weight excluding hydrogens is 384 g/mol. The maximum Gasteiger partial charge on any atom is 0.272 e. The van der Waals surface area contributed by atoms with E-state index in [1.165, 1.54) is 12.1 Å². The average molecular weight is 409 g/mol. The van der Waals surface area contributed by atoms with Gasteiger partial charge in [-0.05, 0) is 62.9 Å². The number of nitrogens with one attached hydrogen (secondary N) is 2. The number of aromatic amines is 1. The average Bonchev–Trinajstić information content (AvgIpc) is 3.48. The van der Waals surface area contributed by atoms with Crippen LogP contribution in [0, 0.1) is 4.77 Å². The van der Waals surface area contributed by atoms with Crippen LogP contribution in [0.5, 0.6) is 0 Å². The molecule has 2 heterocycles. The van der Waals surface area contributed by atoms with Gasteiger partial charge < -0.3 is 5.32 Å². The molecule has 2 aliphatic rings. The zero-order chi connectivity index (χ0) is 19.8. The molecule has 0 radical (unpaired) electrons. The second-order valence-electron chi connectivity index (χ2n) is 7.81. The van der Waals surface area contributed by atoms with Gasteiger partial charge in [-0.3, -0.25) is 14.5 Å². The SMILES string of the molecule is O=C(NCc1n[nH]c(=S)n1C1CC1)c1nn(-c2ccccc2)c2c1CCCCC2. The van der Waals surface area contributed by atoms with Gasteiger partial charge in [0.25, 0.3) is 5.91 Å². The van der Waals surface area contributed by atoms with E-state index in [2.05, 4.69) is 15.5 Å². The van der Waals surface area contributed by atoms with Crippen molar-refractivity contribution in [3.05, 3.63) is 57.9 Å². The lowest BCUT2D eigenvalue weighted by Gasteiger charge is -2.07. The lowest BCUT2D eigenvalue weighted by molar-refractivity contribution is 0.0943. The lowest BCUT2D eigenvalue weighted by Crippen LogP contribution is -2.26. The first-order valence-corrected chi connectivity index (χ1v) is 10.7. The van der Waals surface area contributed by atoms with Crippen LogP contribution in [0.4, 0.5) is 0 Å². The smallest absolute Gasteiger partial charge is 0.272 e. The van der Waals surface area contributed by atoms with E-state index < -0.39 is 0 Å². The van der Waals surface area contributed by atoms with Gasteiger partial charge in [0.05, 0.1) is 12.2 Å². The summed E-state index contributed by atoms with van der Waals surface area (Å²) in [5.41, 5.74) is 3.79. The molecule has 29 heavy (non-hydrogen) atoms. The fraction of sp³-hybridized carbons (Fsp3) is 0.429. The van der Waals surface area contributed by atoms with Crippen LogP contribution in [0.25, 0.3) is 5.69 Å². The highest BCUT2D eigenvalue weighted by Gasteiger charge is 2.28. The summed E-state index contributed by atoms with van der Waals surface area (Å²) in [6.07, 6.45) is 7.47. The Morgan fingerprint density at radius 3 is 2.76 bits per heavy atom. The number of carbonyl (C=O) groups is 1. The minimum absolute atomic E-state index is 0.144. The summed E-state index contributed by atoms with van der Waals surface area (Å²) in [5.74, 6) is 0.633. The van der Waals surface area contributed by atoms with Crippen LogP contribution < -0.4 is 5.32 Å². The topological polar surface area (TPSA) is 80.5 Å². The van der Waals surface area contributed by atoms with Crippen molar-refractivity contribution in [2.75, 3.05) is 0 Å². The molecule has 0 bridgehead atoms. The van der Waals surface area contributed by atoms with Crippen molar-refractivity contribution in [3.63, 3.8) is 0 Å². The molecular formula is C21H24N6OS. The van der Waals surface area contributed by atoms with Crippen LogP contribution in [-0.2, 0) is 19.4 Å². The summed E-state index contributed by atoms with van der Waals surface area (Å²) < 4.78 is 4.60. The zero-order valence-corrected chi connectivity index (χ0v) is 17.0. The number of carbonyl (C=O) groups excluding carboxylic acids is 1. The van der Waals surface area contributed by atoms with Gasteiger partial charge in [-0.1, -0.05) is 24.6 Å². The predicted octanol–water partition coefficient (Wildman–Crippen LogP) is 3.66. The number of nitrogens with zero attached hydrogens (tertiary/aromatic N) is 4. The molecule has 0 atom stereocenters. The largest absolute Gasteiger partial charge is 0.343 e. The molecule has 0 saturated heterocycles. The first-order valence-electron chi connectivity index (χ1n) is 10.3. The van der Waals surface area contributed by atoms with Crippen LogP contribution in [0.3, 0.4) is 0 Å². The zero-order valence-electron chi connectivity index (χ0n) is 16.2. The molecule has 2 aliphatic carbocycles. The van der Waals surface area contributed by atoms with Crippen LogP contribution in [0.2, 0.25) is 0 Å². The van der Waals surface area contributed by atoms with E-state index in [1.807, 2.05) is 39.6 Å². The molecule has 7 nitrogen and oxygen atoms in total. The number of hydrogen-bond acceptors (Lipinski definition) is 4. The number of fused-ring (bicyclic) bond motifs is 1. The minimum Gasteiger partial charge on any atom is -0.343 e. The van der Waals surface area contributed by atoms with Gasteiger partial charge in [0.15, 0.2) is 16.3 Å². The normalized spacial score (nSPS) is 16.3. The molecule has 2 aromatic heterocycles. The molecule has 150 valence electrons. The molecule has 2 N–H and O–H groups in total. The molecule has 1 amide bonds. The van der Waals surface area contributed by atoms with Gasteiger partial charge in [0.1, 0.15) is 0 Å². The molecule has 0 unspecified atom stereocenters. The molecule has 8 heteroatoms. The second-order valence-corrected chi connectivity index (χ2v) is 8.20. The predicted molar refractivity (Wildman–Crippen MR) is 112 cm³/mol. The number of para-hydroxylation sites is 1. The van der Waals surface area contributed by atoms with Crippen molar-refractivity contribution in [2.24, 2.45) is 0 Å². The Morgan fingerprint density at radius 1 is 1.17 bits per heavy atom. The molecule has 0 spiro atoms. The van der Waals surface area contributed by atoms with Crippen molar-refractivity contribution in [3.8, 4) is 5.69 Å². The quantitative estimate of drug-likeness (QED) is 0.499. The first kappa shape index (κ1) is 18.3. The van der Waals surface area contributed by atoms with E-state index in [0.717, 1.165) is 55.6 Å². The second kappa shape index (κ2) is 7.59. The van der Waals surface area contributed by atoms with E-state index in [0.29, 0.717) is 23.1 Å². The van der Waals surface area contributed by atoms with Crippen LogP contribution >= 0.6 is 12.2 Å². The van der Waals surface area contributed by atoms with Gasteiger partial charge in [-0.2, -0.15) is 10.2 Å². The van der Waals surface area contributed by atoms with Crippen molar-refractivity contribution in [2.45, 2.75) is 57.5 Å². The van der Waals surface area contributed by atoms with Gasteiger partial charge in [0.2, 0.25) is 0 Å². The molecule has 5 rings (SSSR count). The van der Waals surface area contributed by atoms with E-state index >= 15 is 0 Å². The summed E-state index contributed by atoms with van der Waals surface area (Å²) >= 11 is 5.33. The van der Waals surface area contributed by atoms with E-state index in [1.54, 1.807) is 0 Å². The van der Waals surface area contributed by atoms with Crippen molar-refractivity contribution in [1.82, 2.24) is 29.9 Å². The third-order valence-electron chi connectivity index (χ3n) is 5.74. The highest BCUT2D eigenvalue weighted by atomic mass is 32.1. The van der Waals surface area contributed by atoms with Crippen molar-refractivity contribution >= 4 is 18.1 Å². The fourth-order valence-electron chi connectivity index (χ4n) is 4.16.